The Morgan fingerprint density at radius 2 is 2.32 bits per heavy atom. The van der Waals surface area contributed by atoms with Crippen LogP contribution in [0.15, 0.2) is 18.2 Å². The van der Waals surface area contributed by atoms with E-state index in [2.05, 4.69) is 15.3 Å². The summed E-state index contributed by atoms with van der Waals surface area (Å²) in [4.78, 5) is 19.2. The van der Waals surface area contributed by atoms with Gasteiger partial charge in [-0.15, -0.1) is 0 Å². The van der Waals surface area contributed by atoms with Crippen LogP contribution < -0.4 is 5.32 Å². The van der Waals surface area contributed by atoms with E-state index in [1.807, 2.05) is 0 Å². The van der Waals surface area contributed by atoms with Crippen LogP contribution in [-0.4, -0.2) is 33.6 Å². The quantitative estimate of drug-likeness (QED) is 0.731. The molecule has 0 bridgehead atoms. The van der Waals surface area contributed by atoms with Gasteiger partial charge in [0.15, 0.2) is 5.82 Å². The molecule has 1 saturated carbocycles. The van der Waals surface area contributed by atoms with Crippen molar-refractivity contribution in [3.05, 3.63) is 29.8 Å². The van der Waals surface area contributed by atoms with Gasteiger partial charge in [0, 0.05) is 25.5 Å². The highest BCUT2D eigenvalue weighted by atomic mass is 19.1. The van der Waals surface area contributed by atoms with Crippen LogP contribution in [0.1, 0.15) is 31.5 Å². The summed E-state index contributed by atoms with van der Waals surface area (Å²) in [6, 6.07) is 4.83. The van der Waals surface area contributed by atoms with E-state index in [1.54, 1.807) is 12.1 Å². The lowest BCUT2D eigenvalue weighted by molar-refractivity contribution is -0.122. The maximum atomic E-state index is 13.6. The number of hydrogen-bond acceptors (Lipinski definition) is 3. The van der Waals surface area contributed by atoms with Crippen LogP contribution in [0.2, 0.25) is 0 Å². The molecule has 0 spiro atoms. The van der Waals surface area contributed by atoms with Crippen LogP contribution in [-0.2, 0) is 11.2 Å². The number of H-pyrrole nitrogens is 1. The number of benzene rings is 1. The minimum Gasteiger partial charge on any atom is -0.396 e. The Hall–Kier alpha value is -1.95. The van der Waals surface area contributed by atoms with Gasteiger partial charge in [-0.05, 0) is 37.3 Å². The van der Waals surface area contributed by atoms with Gasteiger partial charge >= 0.3 is 0 Å². The molecule has 0 radical (unpaired) electrons. The van der Waals surface area contributed by atoms with Crippen molar-refractivity contribution in [2.24, 2.45) is 5.92 Å². The van der Waals surface area contributed by atoms with Gasteiger partial charge in [0.2, 0.25) is 5.91 Å². The molecule has 1 unspecified atom stereocenters. The van der Waals surface area contributed by atoms with Crippen molar-refractivity contribution in [3.8, 4) is 0 Å². The first-order valence-electron chi connectivity index (χ1n) is 7.70. The molecule has 118 valence electrons. The Balaban J connectivity index is 1.56. The number of aromatic nitrogens is 2. The number of hydrogen-bond donors (Lipinski definition) is 3. The first-order chi connectivity index (χ1) is 10.7. The molecule has 1 heterocycles. The zero-order valence-corrected chi connectivity index (χ0v) is 12.3. The molecule has 1 aromatic carbocycles. The lowest BCUT2D eigenvalue weighted by atomic mass is 10.1. The summed E-state index contributed by atoms with van der Waals surface area (Å²) in [6.45, 7) is 0.0876. The molecule has 1 atom stereocenters. The Kier molecular flexibility index (Phi) is 4.38. The van der Waals surface area contributed by atoms with Crippen LogP contribution >= 0.6 is 0 Å². The maximum Gasteiger partial charge on any atom is 0.220 e. The number of nitrogens with one attached hydrogen (secondary N) is 2. The predicted molar refractivity (Wildman–Crippen MR) is 80.7 cm³/mol. The number of nitrogens with zero attached hydrogens (tertiary/aromatic N) is 1. The molecule has 1 aromatic heterocycles. The summed E-state index contributed by atoms with van der Waals surface area (Å²) in [5, 5.41) is 12.0. The van der Waals surface area contributed by atoms with E-state index in [0.717, 1.165) is 12.8 Å². The van der Waals surface area contributed by atoms with E-state index in [1.165, 1.54) is 6.07 Å². The van der Waals surface area contributed by atoms with Crippen molar-refractivity contribution in [2.45, 2.75) is 38.1 Å². The lowest BCUT2D eigenvalue weighted by Gasteiger charge is -2.16. The number of amides is 1. The Bertz CT molecular complexity index is 666. The summed E-state index contributed by atoms with van der Waals surface area (Å²) < 4.78 is 13.6. The van der Waals surface area contributed by atoms with Crippen molar-refractivity contribution in [1.82, 2.24) is 15.3 Å². The fraction of sp³-hybridized carbons (Fsp3) is 0.500. The van der Waals surface area contributed by atoms with Gasteiger partial charge in [-0.3, -0.25) is 4.79 Å². The number of carbonyl (C=O) groups excluding carboxylic acids is 1. The zero-order chi connectivity index (χ0) is 15.5. The smallest absolute Gasteiger partial charge is 0.220 e. The number of carbonyl (C=O) groups is 1. The minimum atomic E-state index is -0.360. The lowest BCUT2D eigenvalue weighted by Crippen LogP contribution is -2.37. The second-order valence-electron chi connectivity index (χ2n) is 5.84. The van der Waals surface area contributed by atoms with E-state index in [9.17, 15) is 9.18 Å². The van der Waals surface area contributed by atoms with E-state index in [4.69, 9.17) is 5.11 Å². The number of aryl methyl sites for hydroxylation is 1. The van der Waals surface area contributed by atoms with Crippen LogP contribution in [0, 0.1) is 11.7 Å². The molecule has 6 heteroatoms. The molecule has 0 saturated heterocycles. The largest absolute Gasteiger partial charge is 0.396 e. The van der Waals surface area contributed by atoms with Crippen LogP contribution in [0.25, 0.3) is 11.0 Å². The number of halogens is 1. The number of para-hydroxylation sites is 1. The van der Waals surface area contributed by atoms with Crippen molar-refractivity contribution >= 4 is 16.9 Å². The normalized spacial score (nSPS) is 15.9. The first kappa shape index (κ1) is 15.0. The van der Waals surface area contributed by atoms with Gasteiger partial charge in [0.25, 0.3) is 0 Å². The third kappa shape index (κ3) is 3.44. The van der Waals surface area contributed by atoms with Gasteiger partial charge in [0.05, 0.1) is 5.52 Å². The molecule has 22 heavy (non-hydrogen) atoms. The molecule has 3 rings (SSSR count). The summed E-state index contributed by atoms with van der Waals surface area (Å²) in [6.07, 6.45) is 3.58. The summed E-state index contributed by atoms with van der Waals surface area (Å²) in [5.41, 5.74) is 0.959. The molecule has 1 aliphatic rings. The van der Waals surface area contributed by atoms with Gasteiger partial charge in [-0.1, -0.05) is 6.07 Å². The van der Waals surface area contributed by atoms with Crippen molar-refractivity contribution in [1.29, 1.82) is 0 Å². The summed E-state index contributed by atoms with van der Waals surface area (Å²) >= 11 is 0. The first-order valence-corrected chi connectivity index (χ1v) is 7.70. The summed E-state index contributed by atoms with van der Waals surface area (Å²) in [7, 11) is 0. The van der Waals surface area contributed by atoms with Crippen molar-refractivity contribution < 1.29 is 14.3 Å². The third-order valence-electron chi connectivity index (χ3n) is 4.08. The second kappa shape index (κ2) is 6.44. The molecule has 3 N–H and O–H groups in total. The monoisotopic (exact) mass is 305 g/mol. The molecular formula is C16H20FN3O2. The number of imidazole rings is 1. The fourth-order valence-corrected chi connectivity index (χ4v) is 2.74. The Morgan fingerprint density at radius 1 is 1.50 bits per heavy atom. The number of rotatable bonds is 7. The SMILES string of the molecule is O=C(CCc1nc2c(F)cccc2[nH]1)NC(CCO)C1CC1. The van der Waals surface area contributed by atoms with E-state index in [-0.39, 0.29) is 24.4 Å². The molecule has 1 amide bonds. The van der Waals surface area contributed by atoms with Gasteiger partial charge in [0.1, 0.15) is 11.3 Å². The van der Waals surface area contributed by atoms with Gasteiger partial charge < -0.3 is 15.4 Å². The van der Waals surface area contributed by atoms with Crippen molar-refractivity contribution in [3.63, 3.8) is 0 Å². The fourth-order valence-electron chi connectivity index (χ4n) is 2.74. The maximum absolute atomic E-state index is 13.6. The third-order valence-corrected chi connectivity index (χ3v) is 4.08. The zero-order valence-electron chi connectivity index (χ0n) is 12.3. The second-order valence-corrected chi connectivity index (χ2v) is 5.84. The molecule has 1 aliphatic carbocycles. The van der Waals surface area contributed by atoms with E-state index in [0.29, 0.717) is 42.0 Å². The van der Waals surface area contributed by atoms with Crippen LogP contribution in [0.3, 0.4) is 0 Å². The molecule has 0 aliphatic heterocycles. The minimum absolute atomic E-state index is 0.0497. The Labute approximate surface area is 127 Å². The highest BCUT2D eigenvalue weighted by Crippen LogP contribution is 2.33. The van der Waals surface area contributed by atoms with E-state index >= 15 is 0 Å². The molecular weight excluding hydrogens is 285 g/mol. The summed E-state index contributed by atoms with van der Waals surface area (Å²) in [5.74, 6) is 0.712. The standard InChI is InChI=1S/C16H20FN3O2/c17-11-2-1-3-13-16(11)20-14(18-13)6-7-15(22)19-12(8-9-21)10-4-5-10/h1-3,10,12,21H,4-9H2,(H,18,20)(H,19,22). The topological polar surface area (TPSA) is 78.0 Å². The average molecular weight is 305 g/mol. The van der Waals surface area contributed by atoms with Gasteiger partial charge in [-0.2, -0.15) is 0 Å². The van der Waals surface area contributed by atoms with Gasteiger partial charge in [-0.25, -0.2) is 9.37 Å². The number of aromatic amines is 1. The number of aliphatic hydroxyl groups is 1. The number of fused-ring (bicyclic) bond motifs is 1. The molecule has 1 fully saturated rings. The predicted octanol–water partition coefficient (Wildman–Crippen LogP) is 1.91. The molecule has 2 aromatic rings. The molecule has 5 nitrogen and oxygen atoms in total. The van der Waals surface area contributed by atoms with Crippen molar-refractivity contribution in [2.75, 3.05) is 6.61 Å². The highest BCUT2D eigenvalue weighted by molar-refractivity contribution is 5.77. The van der Waals surface area contributed by atoms with E-state index < -0.39 is 0 Å². The van der Waals surface area contributed by atoms with Crippen LogP contribution in [0.5, 0.6) is 0 Å². The Morgan fingerprint density at radius 3 is 3.00 bits per heavy atom. The van der Waals surface area contributed by atoms with Crippen LogP contribution in [0.4, 0.5) is 4.39 Å². The average Bonchev–Trinajstić information content (AvgIpc) is 3.25. The highest BCUT2D eigenvalue weighted by Gasteiger charge is 2.31. The number of aliphatic hydroxyl groups excluding tert-OH is 1.